The van der Waals surface area contributed by atoms with E-state index in [1.54, 1.807) is 19.2 Å². The van der Waals surface area contributed by atoms with Gasteiger partial charge in [0.2, 0.25) is 0 Å². The van der Waals surface area contributed by atoms with E-state index in [4.69, 9.17) is 9.84 Å². The summed E-state index contributed by atoms with van der Waals surface area (Å²) >= 11 is 0. The third-order valence-corrected chi connectivity index (χ3v) is 3.10. The number of aliphatic carboxylic acids is 1. The highest BCUT2D eigenvalue weighted by Crippen LogP contribution is 2.15. The molecule has 6 nitrogen and oxygen atoms in total. The Labute approximate surface area is 124 Å². The Morgan fingerprint density at radius 1 is 1.29 bits per heavy atom. The molecule has 0 spiro atoms. The van der Waals surface area contributed by atoms with Crippen LogP contribution >= 0.6 is 0 Å². The van der Waals surface area contributed by atoms with Crippen LogP contribution in [-0.2, 0) is 9.53 Å². The molecule has 2 amide bonds. The van der Waals surface area contributed by atoms with E-state index in [0.717, 1.165) is 5.56 Å². The number of amides is 2. The van der Waals surface area contributed by atoms with Crippen LogP contribution in [-0.4, -0.2) is 42.9 Å². The molecule has 6 heteroatoms. The molecule has 116 valence electrons. The number of nitrogens with one attached hydrogen (secondary N) is 1. The molecule has 1 rings (SSSR count). The number of urea groups is 1. The molecule has 0 atom stereocenters. The zero-order chi connectivity index (χ0) is 16.0. The number of aryl methyl sites for hydroxylation is 1. The van der Waals surface area contributed by atoms with Gasteiger partial charge >= 0.3 is 12.0 Å². The first-order chi connectivity index (χ1) is 9.75. The number of hydrogen-bond acceptors (Lipinski definition) is 3. The summed E-state index contributed by atoms with van der Waals surface area (Å²) in [5.41, 5.74) is 1.06. The number of ether oxygens (including phenoxy) is 1. The molecule has 2 N–H and O–H groups in total. The number of anilines is 1. The van der Waals surface area contributed by atoms with Gasteiger partial charge in [-0.2, -0.15) is 0 Å². The highest BCUT2D eigenvalue weighted by atomic mass is 16.5. The summed E-state index contributed by atoms with van der Waals surface area (Å²) in [6, 6.07) is 6.64. The number of nitrogens with zero attached hydrogens (tertiary/aromatic N) is 1. The summed E-state index contributed by atoms with van der Waals surface area (Å²) in [5.74, 6) is -1.07. The van der Waals surface area contributed by atoms with Crippen molar-refractivity contribution in [3.8, 4) is 0 Å². The minimum atomic E-state index is -1.07. The largest absolute Gasteiger partial charge is 0.480 e. The maximum atomic E-state index is 12.2. The summed E-state index contributed by atoms with van der Waals surface area (Å²) < 4.78 is 5.22. The van der Waals surface area contributed by atoms with Crippen molar-refractivity contribution in [2.24, 2.45) is 0 Å². The highest BCUT2D eigenvalue weighted by Gasteiger charge is 2.22. The van der Waals surface area contributed by atoms with Crippen LogP contribution in [0.25, 0.3) is 0 Å². The van der Waals surface area contributed by atoms with Gasteiger partial charge in [0.25, 0.3) is 0 Å². The van der Waals surface area contributed by atoms with Crippen LogP contribution in [0.4, 0.5) is 10.5 Å². The number of carboxylic acid groups (broad SMARTS) is 1. The Kier molecular flexibility index (Phi) is 5.72. The van der Waals surface area contributed by atoms with Gasteiger partial charge in [-0.25, -0.2) is 4.79 Å². The molecule has 0 fully saturated rings. The summed E-state index contributed by atoms with van der Waals surface area (Å²) in [7, 11) is 1.56. The minimum Gasteiger partial charge on any atom is -0.480 e. The molecular formula is C15H22N2O4. The molecule has 0 heterocycles. The lowest BCUT2D eigenvalue weighted by Crippen LogP contribution is -2.48. The molecule has 0 bridgehead atoms. The van der Waals surface area contributed by atoms with E-state index in [2.05, 4.69) is 5.32 Å². The SMILES string of the molecule is COC(C)(C)CNC(=O)N(CC(=O)O)c1ccc(C)cc1. The van der Waals surface area contributed by atoms with Crippen LogP contribution in [0.2, 0.25) is 0 Å². The van der Waals surface area contributed by atoms with E-state index in [1.807, 2.05) is 32.9 Å². The average molecular weight is 294 g/mol. The second kappa shape index (κ2) is 7.08. The minimum absolute atomic E-state index is 0.282. The number of carbonyl (C=O) groups is 2. The second-order valence-corrected chi connectivity index (χ2v) is 5.44. The van der Waals surface area contributed by atoms with E-state index < -0.39 is 24.1 Å². The van der Waals surface area contributed by atoms with E-state index in [0.29, 0.717) is 5.69 Å². The Morgan fingerprint density at radius 3 is 2.33 bits per heavy atom. The van der Waals surface area contributed by atoms with E-state index in [-0.39, 0.29) is 6.54 Å². The van der Waals surface area contributed by atoms with Crippen molar-refractivity contribution in [3.63, 3.8) is 0 Å². The van der Waals surface area contributed by atoms with Gasteiger partial charge in [0.05, 0.1) is 5.60 Å². The Morgan fingerprint density at radius 2 is 1.86 bits per heavy atom. The van der Waals surface area contributed by atoms with Crippen molar-refractivity contribution < 1.29 is 19.4 Å². The molecule has 1 aromatic carbocycles. The normalized spacial score (nSPS) is 11.0. The van der Waals surface area contributed by atoms with Gasteiger partial charge in [-0.3, -0.25) is 9.69 Å². The summed E-state index contributed by atoms with van der Waals surface area (Å²) in [6.07, 6.45) is 0. The zero-order valence-electron chi connectivity index (χ0n) is 12.8. The molecule has 0 aliphatic rings. The average Bonchev–Trinajstić information content (AvgIpc) is 2.43. The fourth-order valence-electron chi connectivity index (χ4n) is 1.60. The predicted octanol–water partition coefficient (Wildman–Crippen LogP) is 2.02. The van der Waals surface area contributed by atoms with Crippen LogP contribution in [0.1, 0.15) is 19.4 Å². The standard InChI is InChI=1S/C15H22N2O4/c1-11-5-7-12(8-6-11)17(9-13(18)19)14(20)16-10-15(2,3)21-4/h5-8H,9-10H2,1-4H3,(H,16,20)(H,18,19). The first kappa shape index (κ1) is 17.0. The number of methoxy groups -OCH3 is 1. The van der Waals surface area contributed by atoms with E-state index in [1.165, 1.54) is 4.90 Å². The van der Waals surface area contributed by atoms with Crippen molar-refractivity contribution >= 4 is 17.7 Å². The Hall–Kier alpha value is -2.08. The quantitative estimate of drug-likeness (QED) is 0.841. The third-order valence-electron chi connectivity index (χ3n) is 3.10. The topological polar surface area (TPSA) is 78.9 Å². The maximum Gasteiger partial charge on any atom is 0.323 e. The fourth-order valence-corrected chi connectivity index (χ4v) is 1.60. The smallest absolute Gasteiger partial charge is 0.323 e. The Bertz CT molecular complexity index is 497. The fraction of sp³-hybridized carbons (Fsp3) is 0.467. The molecule has 0 unspecified atom stereocenters. The summed E-state index contributed by atoms with van der Waals surface area (Å²) in [5, 5.41) is 11.7. The van der Waals surface area contributed by atoms with Gasteiger partial charge in [0.15, 0.2) is 0 Å². The van der Waals surface area contributed by atoms with Gasteiger partial charge in [0.1, 0.15) is 6.54 Å². The van der Waals surface area contributed by atoms with Gasteiger partial charge in [-0.1, -0.05) is 17.7 Å². The van der Waals surface area contributed by atoms with E-state index in [9.17, 15) is 9.59 Å². The maximum absolute atomic E-state index is 12.2. The molecule has 0 aliphatic heterocycles. The number of hydrogen-bond donors (Lipinski definition) is 2. The first-order valence-corrected chi connectivity index (χ1v) is 6.64. The highest BCUT2D eigenvalue weighted by molar-refractivity contribution is 5.96. The van der Waals surface area contributed by atoms with Gasteiger partial charge in [0, 0.05) is 19.3 Å². The molecule has 0 radical (unpaired) electrons. The van der Waals surface area contributed by atoms with Crippen molar-refractivity contribution in [2.75, 3.05) is 25.1 Å². The second-order valence-electron chi connectivity index (χ2n) is 5.44. The van der Waals surface area contributed by atoms with Crippen molar-refractivity contribution in [2.45, 2.75) is 26.4 Å². The molecular weight excluding hydrogens is 272 g/mol. The number of carbonyl (C=O) groups excluding carboxylic acids is 1. The molecule has 21 heavy (non-hydrogen) atoms. The van der Waals surface area contributed by atoms with Crippen molar-refractivity contribution in [1.82, 2.24) is 5.32 Å². The monoisotopic (exact) mass is 294 g/mol. The first-order valence-electron chi connectivity index (χ1n) is 6.64. The number of rotatable bonds is 6. The van der Waals surface area contributed by atoms with Crippen LogP contribution in [0.5, 0.6) is 0 Å². The number of benzene rings is 1. The van der Waals surface area contributed by atoms with Crippen molar-refractivity contribution in [3.05, 3.63) is 29.8 Å². The molecule has 0 saturated carbocycles. The lowest BCUT2D eigenvalue weighted by molar-refractivity contribution is -0.135. The van der Waals surface area contributed by atoms with Crippen LogP contribution < -0.4 is 10.2 Å². The summed E-state index contributed by atoms with van der Waals surface area (Å²) in [4.78, 5) is 24.4. The van der Waals surface area contributed by atoms with Crippen LogP contribution in [0.3, 0.4) is 0 Å². The molecule has 0 aromatic heterocycles. The molecule has 0 saturated heterocycles. The lowest BCUT2D eigenvalue weighted by Gasteiger charge is -2.26. The lowest BCUT2D eigenvalue weighted by atomic mass is 10.1. The Balaban J connectivity index is 2.84. The van der Waals surface area contributed by atoms with Crippen LogP contribution in [0, 0.1) is 6.92 Å². The zero-order valence-corrected chi connectivity index (χ0v) is 12.8. The molecule has 1 aromatic rings. The van der Waals surface area contributed by atoms with Gasteiger partial charge < -0.3 is 15.2 Å². The van der Waals surface area contributed by atoms with Gasteiger partial charge in [-0.05, 0) is 32.9 Å². The predicted molar refractivity (Wildman–Crippen MR) is 80.6 cm³/mol. The number of carboxylic acids is 1. The third kappa shape index (κ3) is 5.43. The summed E-state index contributed by atoms with van der Waals surface area (Å²) in [6.45, 7) is 5.47. The van der Waals surface area contributed by atoms with Crippen molar-refractivity contribution in [1.29, 1.82) is 0 Å². The molecule has 0 aliphatic carbocycles. The van der Waals surface area contributed by atoms with Gasteiger partial charge in [-0.15, -0.1) is 0 Å². The van der Waals surface area contributed by atoms with Crippen LogP contribution in [0.15, 0.2) is 24.3 Å². The van der Waals surface area contributed by atoms with E-state index >= 15 is 0 Å².